The number of non-ortho nitro benzene ring substituents is 1. The van der Waals surface area contributed by atoms with Gasteiger partial charge in [0.1, 0.15) is 0 Å². The largest absolute Gasteiger partial charge is 0.452 e. The summed E-state index contributed by atoms with van der Waals surface area (Å²) in [5, 5.41) is 17.3. The van der Waals surface area contributed by atoms with Crippen LogP contribution in [0.4, 0.5) is 11.4 Å². The summed E-state index contributed by atoms with van der Waals surface area (Å²) in [5.74, 6) is -1.19. The number of carbonyl (C=O) groups excluding carboxylic acids is 2. The molecule has 0 aliphatic heterocycles. The number of rotatable bonds is 6. The van der Waals surface area contributed by atoms with Crippen molar-refractivity contribution in [3.05, 3.63) is 82.2 Å². The van der Waals surface area contributed by atoms with Gasteiger partial charge in [-0.3, -0.25) is 14.9 Å². The minimum absolute atomic E-state index is 0.0850. The summed E-state index contributed by atoms with van der Waals surface area (Å²) in [5.41, 5.74) is 2.34. The van der Waals surface area contributed by atoms with Crippen LogP contribution >= 0.6 is 0 Å². The number of hydrogen-bond acceptors (Lipinski definition) is 6. The van der Waals surface area contributed by atoms with Crippen LogP contribution in [0.1, 0.15) is 16.1 Å². The Kier molecular flexibility index (Phi) is 5.45. The van der Waals surface area contributed by atoms with Gasteiger partial charge < -0.3 is 10.1 Å². The molecule has 0 radical (unpaired) electrons. The fourth-order valence-corrected chi connectivity index (χ4v) is 2.46. The molecule has 1 heterocycles. The molecular weight excluding hydrogens is 364 g/mol. The second-order valence-electron chi connectivity index (χ2n) is 5.86. The molecule has 1 N–H and O–H groups in total. The van der Waals surface area contributed by atoms with Gasteiger partial charge in [-0.05, 0) is 49.4 Å². The maximum absolute atomic E-state index is 12.1. The van der Waals surface area contributed by atoms with Crippen LogP contribution in [0.3, 0.4) is 0 Å². The molecule has 28 heavy (non-hydrogen) atoms. The molecule has 0 fully saturated rings. The molecule has 3 aromatic rings. The molecule has 1 aromatic heterocycles. The lowest BCUT2D eigenvalue weighted by Crippen LogP contribution is -2.20. The number of benzene rings is 2. The lowest BCUT2D eigenvalue weighted by molar-refractivity contribution is -0.384. The fraction of sp³-hybridized carbons (Fsp3) is 0.105. The van der Waals surface area contributed by atoms with Gasteiger partial charge in [-0.25, -0.2) is 9.48 Å². The number of hydrogen-bond donors (Lipinski definition) is 1. The van der Waals surface area contributed by atoms with Crippen molar-refractivity contribution >= 4 is 23.3 Å². The first-order valence-corrected chi connectivity index (χ1v) is 8.26. The summed E-state index contributed by atoms with van der Waals surface area (Å²) >= 11 is 0. The number of carbonyl (C=O) groups is 2. The van der Waals surface area contributed by atoms with Crippen LogP contribution in [-0.2, 0) is 9.53 Å². The van der Waals surface area contributed by atoms with Gasteiger partial charge in [-0.1, -0.05) is 0 Å². The average Bonchev–Trinajstić information content (AvgIpc) is 3.12. The van der Waals surface area contributed by atoms with Crippen molar-refractivity contribution < 1.29 is 19.2 Å². The highest BCUT2D eigenvalue weighted by Crippen LogP contribution is 2.15. The molecule has 9 nitrogen and oxygen atoms in total. The molecule has 3 rings (SSSR count). The molecule has 9 heteroatoms. The summed E-state index contributed by atoms with van der Waals surface area (Å²) in [4.78, 5) is 34.0. The SMILES string of the molecule is Cc1ccnn1-c1ccc(C(=O)OCC(=O)Nc2ccc([N+](=O)[O-])cc2)cc1. The van der Waals surface area contributed by atoms with E-state index >= 15 is 0 Å². The van der Waals surface area contributed by atoms with Gasteiger partial charge in [-0.2, -0.15) is 5.10 Å². The van der Waals surface area contributed by atoms with Gasteiger partial charge in [0, 0.05) is 29.7 Å². The van der Waals surface area contributed by atoms with Crippen molar-refractivity contribution in [3.8, 4) is 5.69 Å². The number of nitrogens with one attached hydrogen (secondary N) is 1. The lowest BCUT2D eigenvalue weighted by Gasteiger charge is -2.08. The van der Waals surface area contributed by atoms with E-state index in [-0.39, 0.29) is 5.69 Å². The first-order valence-electron chi connectivity index (χ1n) is 8.26. The van der Waals surface area contributed by atoms with Crippen LogP contribution in [0.5, 0.6) is 0 Å². The van der Waals surface area contributed by atoms with Crippen molar-refractivity contribution in [1.82, 2.24) is 9.78 Å². The number of amides is 1. The van der Waals surface area contributed by atoms with E-state index in [0.717, 1.165) is 11.4 Å². The number of aromatic nitrogens is 2. The standard InChI is InChI=1S/C19H16N4O5/c1-13-10-11-20-22(13)16-6-2-14(3-7-16)19(25)28-12-18(24)21-15-4-8-17(9-5-15)23(26)27/h2-11H,12H2,1H3,(H,21,24). The number of nitro benzene ring substituents is 1. The van der Waals surface area contributed by atoms with Crippen LogP contribution in [0.15, 0.2) is 60.8 Å². The summed E-state index contributed by atoms with van der Waals surface area (Å²) in [7, 11) is 0. The van der Waals surface area contributed by atoms with Crippen molar-refractivity contribution in [2.24, 2.45) is 0 Å². The van der Waals surface area contributed by atoms with E-state index in [2.05, 4.69) is 10.4 Å². The Balaban J connectivity index is 1.54. The Morgan fingerprint density at radius 3 is 2.36 bits per heavy atom. The van der Waals surface area contributed by atoms with Crippen LogP contribution in [0, 0.1) is 17.0 Å². The number of esters is 1. The normalized spacial score (nSPS) is 10.3. The van der Waals surface area contributed by atoms with Gasteiger partial charge in [-0.15, -0.1) is 0 Å². The van der Waals surface area contributed by atoms with E-state index in [9.17, 15) is 19.7 Å². The van der Waals surface area contributed by atoms with Gasteiger partial charge in [0.2, 0.25) is 0 Å². The highest BCUT2D eigenvalue weighted by atomic mass is 16.6. The smallest absolute Gasteiger partial charge is 0.338 e. The van der Waals surface area contributed by atoms with E-state index in [1.807, 2.05) is 13.0 Å². The number of nitrogens with zero attached hydrogens (tertiary/aromatic N) is 3. The molecule has 0 atom stereocenters. The number of nitro groups is 1. The maximum Gasteiger partial charge on any atom is 0.338 e. The minimum Gasteiger partial charge on any atom is -0.452 e. The minimum atomic E-state index is -0.636. The molecule has 0 saturated carbocycles. The number of aryl methyl sites for hydroxylation is 1. The predicted molar refractivity (Wildman–Crippen MR) is 100 cm³/mol. The zero-order valence-corrected chi connectivity index (χ0v) is 14.9. The molecule has 0 spiro atoms. The van der Waals surface area contributed by atoms with Crippen molar-refractivity contribution in [3.63, 3.8) is 0 Å². The maximum atomic E-state index is 12.1. The third kappa shape index (κ3) is 4.39. The molecule has 0 aliphatic rings. The highest BCUT2D eigenvalue weighted by Gasteiger charge is 2.12. The van der Waals surface area contributed by atoms with Gasteiger partial charge >= 0.3 is 5.97 Å². The van der Waals surface area contributed by atoms with Crippen molar-refractivity contribution in [2.75, 3.05) is 11.9 Å². The lowest BCUT2D eigenvalue weighted by atomic mass is 10.2. The Labute approximate surface area is 159 Å². The van der Waals surface area contributed by atoms with Crippen LogP contribution in [0.2, 0.25) is 0 Å². The molecule has 0 bridgehead atoms. The highest BCUT2D eigenvalue weighted by molar-refractivity contribution is 5.95. The van der Waals surface area contributed by atoms with Crippen LogP contribution in [0.25, 0.3) is 5.69 Å². The van der Waals surface area contributed by atoms with Crippen molar-refractivity contribution in [2.45, 2.75) is 6.92 Å². The van der Waals surface area contributed by atoms with Crippen molar-refractivity contribution in [1.29, 1.82) is 0 Å². The number of anilines is 1. The van der Waals surface area contributed by atoms with E-state index < -0.39 is 23.4 Å². The summed E-state index contributed by atoms with van der Waals surface area (Å²) in [6.45, 7) is 1.44. The summed E-state index contributed by atoms with van der Waals surface area (Å²) < 4.78 is 6.73. The Bertz CT molecular complexity index is 1010. The topological polar surface area (TPSA) is 116 Å². The van der Waals surface area contributed by atoms with Gasteiger partial charge in [0.15, 0.2) is 6.61 Å². The average molecular weight is 380 g/mol. The monoisotopic (exact) mass is 380 g/mol. The molecule has 142 valence electrons. The second kappa shape index (κ2) is 8.12. The zero-order valence-electron chi connectivity index (χ0n) is 14.9. The molecular formula is C19H16N4O5. The molecule has 0 saturated heterocycles. The van der Waals surface area contributed by atoms with E-state index in [0.29, 0.717) is 11.3 Å². The first-order chi connectivity index (χ1) is 13.4. The molecule has 0 aliphatic carbocycles. The van der Waals surface area contributed by atoms with Crippen LogP contribution < -0.4 is 5.32 Å². The van der Waals surface area contributed by atoms with Gasteiger partial charge in [0.25, 0.3) is 11.6 Å². The zero-order chi connectivity index (χ0) is 20.1. The molecule has 2 aromatic carbocycles. The second-order valence-corrected chi connectivity index (χ2v) is 5.86. The quantitative estimate of drug-likeness (QED) is 0.399. The van der Waals surface area contributed by atoms with Crippen LogP contribution in [-0.4, -0.2) is 33.2 Å². The Hall–Kier alpha value is -4.01. The Morgan fingerprint density at radius 2 is 1.79 bits per heavy atom. The van der Waals surface area contributed by atoms with E-state index in [4.69, 9.17) is 4.74 Å². The predicted octanol–water partition coefficient (Wildman–Crippen LogP) is 2.88. The van der Waals surface area contributed by atoms with E-state index in [1.54, 1.807) is 35.1 Å². The number of ether oxygens (including phenoxy) is 1. The third-order valence-electron chi connectivity index (χ3n) is 3.88. The van der Waals surface area contributed by atoms with Gasteiger partial charge in [0.05, 0.1) is 16.2 Å². The summed E-state index contributed by atoms with van der Waals surface area (Å²) in [6, 6.07) is 13.8. The third-order valence-corrected chi connectivity index (χ3v) is 3.88. The molecule has 0 unspecified atom stereocenters. The fourth-order valence-electron chi connectivity index (χ4n) is 2.46. The summed E-state index contributed by atoms with van der Waals surface area (Å²) in [6.07, 6.45) is 1.68. The van der Waals surface area contributed by atoms with E-state index in [1.165, 1.54) is 24.3 Å². The Morgan fingerprint density at radius 1 is 1.11 bits per heavy atom. The molecule has 1 amide bonds. The first kappa shape index (κ1) is 18.8.